The summed E-state index contributed by atoms with van der Waals surface area (Å²) in [4.78, 5) is 14.9. The van der Waals surface area contributed by atoms with Gasteiger partial charge in [0.1, 0.15) is 17.4 Å². The Bertz CT molecular complexity index is 1040. The molecule has 7 heteroatoms. The lowest BCUT2D eigenvalue weighted by Crippen LogP contribution is -2.42. The van der Waals surface area contributed by atoms with Gasteiger partial charge in [0, 0.05) is 12.5 Å². The maximum absolute atomic E-state index is 12.8. The molecule has 0 saturated carbocycles. The zero-order valence-corrected chi connectivity index (χ0v) is 17.3. The Balaban J connectivity index is 1.36. The van der Waals surface area contributed by atoms with Crippen LogP contribution < -0.4 is 10.1 Å². The predicted octanol–water partition coefficient (Wildman–Crippen LogP) is 3.47. The van der Waals surface area contributed by atoms with Gasteiger partial charge in [0.15, 0.2) is 5.82 Å². The van der Waals surface area contributed by atoms with Gasteiger partial charge < -0.3 is 10.1 Å². The van der Waals surface area contributed by atoms with Gasteiger partial charge >= 0.3 is 0 Å². The second kappa shape index (κ2) is 9.92. The predicted molar refractivity (Wildman–Crippen MR) is 118 cm³/mol. The van der Waals surface area contributed by atoms with E-state index in [1.807, 2.05) is 60.7 Å². The van der Waals surface area contributed by atoms with Crippen molar-refractivity contribution in [2.45, 2.75) is 12.8 Å². The van der Waals surface area contributed by atoms with Crippen LogP contribution in [0.25, 0.3) is 5.69 Å². The number of likely N-dealkylation sites (tertiary alicyclic amines) is 1. The van der Waals surface area contributed by atoms with Crippen LogP contribution in [0.4, 0.5) is 5.82 Å². The molecule has 1 atom stereocenters. The molecule has 2 heterocycles. The van der Waals surface area contributed by atoms with Crippen LogP contribution in [-0.4, -0.2) is 46.8 Å². The summed E-state index contributed by atoms with van der Waals surface area (Å²) in [6, 6.07) is 21.4. The van der Waals surface area contributed by atoms with E-state index in [0.29, 0.717) is 23.9 Å². The van der Waals surface area contributed by atoms with Gasteiger partial charge in [0.25, 0.3) is 0 Å². The number of piperidine rings is 1. The maximum Gasteiger partial charge on any atom is 0.239 e. The Labute approximate surface area is 181 Å². The lowest BCUT2D eigenvalue weighted by atomic mass is 9.99. The maximum atomic E-state index is 12.8. The number of aromatic nitrogens is 2. The number of carbonyl (C=O) groups excluding carboxylic acids is 1. The van der Waals surface area contributed by atoms with Crippen molar-refractivity contribution in [2.24, 2.45) is 5.92 Å². The number of hydrogen-bond acceptors (Lipinski definition) is 5. The molecule has 7 nitrogen and oxygen atoms in total. The van der Waals surface area contributed by atoms with Gasteiger partial charge in [-0.25, -0.2) is 4.68 Å². The summed E-state index contributed by atoms with van der Waals surface area (Å²) in [6.07, 6.45) is 3.59. The van der Waals surface area contributed by atoms with Gasteiger partial charge in [0.2, 0.25) is 5.91 Å². The molecule has 1 saturated heterocycles. The molecule has 0 radical (unpaired) electrons. The fourth-order valence-corrected chi connectivity index (χ4v) is 3.85. The SMILES string of the molecule is N#Cc1cnn(-c2ccccc2)c1NC(=O)CN1CCCC(COc2ccccc2)C1. The van der Waals surface area contributed by atoms with Crippen LogP contribution in [0.15, 0.2) is 66.9 Å². The Morgan fingerprint density at radius 1 is 1.16 bits per heavy atom. The first-order valence-corrected chi connectivity index (χ1v) is 10.5. The van der Waals surface area contributed by atoms with E-state index >= 15 is 0 Å². The first-order chi connectivity index (χ1) is 15.2. The highest BCUT2D eigenvalue weighted by Crippen LogP contribution is 2.21. The van der Waals surface area contributed by atoms with Gasteiger partial charge in [-0.15, -0.1) is 0 Å². The van der Waals surface area contributed by atoms with E-state index in [4.69, 9.17) is 4.74 Å². The molecule has 0 aliphatic carbocycles. The van der Waals surface area contributed by atoms with Crippen LogP contribution in [0, 0.1) is 17.2 Å². The largest absolute Gasteiger partial charge is 0.493 e. The molecule has 0 bridgehead atoms. The van der Waals surface area contributed by atoms with Crippen molar-refractivity contribution in [3.63, 3.8) is 0 Å². The number of ether oxygens (including phenoxy) is 1. The fraction of sp³-hybridized carbons (Fsp3) is 0.292. The summed E-state index contributed by atoms with van der Waals surface area (Å²) >= 11 is 0. The summed E-state index contributed by atoms with van der Waals surface area (Å²) < 4.78 is 7.49. The van der Waals surface area contributed by atoms with Crippen molar-refractivity contribution in [3.05, 3.63) is 72.4 Å². The summed E-state index contributed by atoms with van der Waals surface area (Å²) in [5.74, 6) is 1.50. The Kier molecular flexibility index (Phi) is 6.60. The number of amides is 1. The lowest BCUT2D eigenvalue weighted by molar-refractivity contribution is -0.117. The molecule has 31 heavy (non-hydrogen) atoms. The van der Waals surface area contributed by atoms with Crippen LogP contribution in [0.2, 0.25) is 0 Å². The highest BCUT2D eigenvalue weighted by atomic mass is 16.5. The summed E-state index contributed by atoms with van der Waals surface area (Å²) in [6.45, 7) is 2.59. The monoisotopic (exact) mass is 415 g/mol. The van der Waals surface area contributed by atoms with E-state index in [9.17, 15) is 10.1 Å². The van der Waals surface area contributed by atoms with Gasteiger partial charge in [-0.1, -0.05) is 36.4 Å². The number of benzene rings is 2. The van der Waals surface area contributed by atoms with Crippen LogP contribution >= 0.6 is 0 Å². The second-order valence-electron chi connectivity index (χ2n) is 7.68. The van der Waals surface area contributed by atoms with E-state index in [1.54, 1.807) is 4.68 Å². The van der Waals surface area contributed by atoms with Gasteiger partial charge in [-0.3, -0.25) is 9.69 Å². The lowest BCUT2D eigenvalue weighted by Gasteiger charge is -2.32. The fourth-order valence-electron chi connectivity index (χ4n) is 3.85. The average Bonchev–Trinajstić information content (AvgIpc) is 3.21. The number of para-hydroxylation sites is 2. The molecular weight excluding hydrogens is 390 g/mol. The van der Waals surface area contributed by atoms with Crippen molar-refractivity contribution in [1.29, 1.82) is 5.26 Å². The van der Waals surface area contributed by atoms with E-state index in [0.717, 1.165) is 37.4 Å². The second-order valence-corrected chi connectivity index (χ2v) is 7.68. The molecular formula is C24H25N5O2. The number of nitrogens with one attached hydrogen (secondary N) is 1. The minimum Gasteiger partial charge on any atom is -0.493 e. The molecule has 1 N–H and O–H groups in total. The van der Waals surface area contributed by atoms with Crippen molar-refractivity contribution in [2.75, 3.05) is 31.6 Å². The minimum atomic E-state index is -0.154. The number of nitriles is 1. The van der Waals surface area contributed by atoms with Gasteiger partial charge in [-0.05, 0) is 43.7 Å². The number of rotatable bonds is 7. The van der Waals surface area contributed by atoms with Crippen molar-refractivity contribution in [1.82, 2.24) is 14.7 Å². The number of nitrogens with zero attached hydrogens (tertiary/aromatic N) is 4. The van der Waals surface area contributed by atoms with E-state index < -0.39 is 0 Å². The normalized spacial score (nSPS) is 16.4. The molecule has 3 aromatic rings. The van der Waals surface area contributed by atoms with Crippen LogP contribution in [0.1, 0.15) is 18.4 Å². The molecule has 2 aromatic carbocycles. The van der Waals surface area contributed by atoms with E-state index in [-0.39, 0.29) is 12.5 Å². The average molecular weight is 415 g/mol. The molecule has 1 amide bonds. The molecule has 4 rings (SSSR count). The Morgan fingerprint density at radius 3 is 2.65 bits per heavy atom. The summed E-state index contributed by atoms with van der Waals surface area (Å²) in [5.41, 5.74) is 1.13. The topological polar surface area (TPSA) is 83.2 Å². The van der Waals surface area contributed by atoms with Crippen molar-refractivity contribution >= 4 is 11.7 Å². The smallest absolute Gasteiger partial charge is 0.239 e. The van der Waals surface area contributed by atoms with E-state index in [1.165, 1.54) is 6.20 Å². The standard InChI is InChI=1S/C24H25N5O2/c25-14-20-15-26-29(21-9-3-1-4-10-21)24(20)27-23(30)17-28-13-7-8-19(16-28)18-31-22-11-5-2-6-12-22/h1-6,9-12,15,19H,7-8,13,16-18H2,(H,27,30). The number of anilines is 1. The third-order valence-corrected chi connectivity index (χ3v) is 5.35. The molecule has 1 fully saturated rings. The van der Waals surface area contributed by atoms with Crippen molar-refractivity contribution in [3.8, 4) is 17.5 Å². The third-order valence-electron chi connectivity index (χ3n) is 5.35. The molecule has 1 unspecified atom stereocenters. The highest BCUT2D eigenvalue weighted by Gasteiger charge is 2.23. The quantitative estimate of drug-likeness (QED) is 0.639. The molecule has 1 aliphatic heterocycles. The number of carbonyl (C=O) groups is 1. The van der Waals surface area contributed by atoms with E-state index in [2.05, 4.69) is 21.4 Å². The van der Waals surface area contributed by atoms with Crippen LogP contribution in [0.3, 0.4) is 0 Å². The molecule has 158 valence electrons. The Morgan fingerprint density at radius 2 is 1.90 bits per heavy atom. The summed E-state index contributed by atoms with van der Waals surface area (Å²) in [5, 5.41) is 16.6. The first kappa shape index (κ1) is 20.6. The third kappa shape index (κ3) is 5.30. The summed E-state index contributed by atoms with van der Waals surface area (Å²) in [7, 11) is 0. The van der Waals surface area contributed by atoms with Crippen LogP contribution in [-0.2, 0) is 4.79 Å². The molecule has 1 aromatic heterocycles. The van der Waals surface area contributed by atoms with Crippen molar-refractivity contribution < 1.29 is 9.53 Å². The van der Waals surface area contributed by atoms with Gasteiger partial charge in [0.05, 0.1) is 25.0 Å². The molecule has 1 aliphatic rings. The zero-order valence-electron chi connectivity index (χ0n) is 17.3. The number of hydrogen-bond donors (Lipinski definition) is 1. The zero-order chi connectivity index (χ0) is 21.5. The van der Waals surface area contributed by atoms with Crippen LogP contribution in [0.5, 0.6) is 5.75 Å². The first-order valence-electron chi connectivity index (χ1n) is 10.5. The Hall–Kier alpha value is -3.63. The minimum absolute atomic E-state index is 0.154. The van der Waals surface area contributed by atoms with Gasteiger partial charge in [-0.2, -0.15) is 10.4 Å². The molecule has 0 spiro atoms. The highest BCUT2D eigenvalue weighted by molar-refractivity contribution is 5.93.